The Kier molecular flexibility index (Phi) is 3.94. The molecule has 0 radical (unpaired) electrons. The van der Waals surface area contributed by atoms with Gasteiger partial charge in [0.2, 0.25) is 0 Å². The summed E-state index contributed by atoms with van der Waals surface area (Å²) in [6.45, 7) is 1.90. The van der Waals surface area contributed by atoms with Gasteiger partial charge in [-0.25, -0.2) is 9.37 Å². The number of aromatic amines is 1. The van der Waals surface area contributed by atoms with Gasteiger partial charge in [0, 0.05) is 18.5 Å². The van der Waals surface area contributed by atoms with Crippen LogP contribution in [0.15, 0.2) is 24.3 Å². The van der Waals surface area contributed by atoms with Crippen molar-refractivity contribution in [2.24, 2.45) is 0 Å². The highest BCUT2D eigenvalue weighted by molar-refractivity contribution is 5.66. The second kappa shape index (κ2) is 5.65. The third kappa shape index (κ3) is 3.64. The van der Waals surface area contributed by atoms with E-state index in [2.05, 4.69) is 9.97 Å². The summed E-state index contributed by atoms with van der Waals surface area (Å²) in [6, 6.07) is 6.28. The number of carboxylic acid groups (broad SMARTS) is 1. The van der Waals surface area contributed by atoms with Crippen LogP contribution < -0.4 is 0 Å². The van der Waals surface area contributed by atoms with Crippen LogP contribution in [0.3, 0.4) is 0 Å². The summed E-state index contributed by atoms with van der Waals surface area (Å²) < 4.78 is 12.8. The van der Waals surface area contributed by atoms with Crippen molar-refractivity contribution in [3.63, 3.8) is 0 Å². The Morgan fingerprint density at radius 2 is 2.05 bits per heavy atom. The Morgan fingerprint density at radius 3 is 2.68 bits per heavy atom. The Hall–Kier alpha value is -2.17. The molecule has 100 valence electrons. The summed E-state index contributed by atoms with van der Waals surface area (Å²) >= 11 is 0. The van der Waals surface area contributed by atoms with E-state index < -0.39 is 5.97 Å². The summed E-state index contributed by atoms with van der Waals surface area (Å²) in [5, 5.41) is 8.63. The van der Waals surface area contributed by atoms with E-state index >= 15 is 0 Å². The minimum atomic E-state index is -0.839. The highest BCUT2D eigenvalue weighted by atomic mass is 19.1. The number of hydrogen-bond acceptors (Lipinski definition) is 2. The smallest absolute Gasteiger partial charge is 0.303 e. The predicted molar refractivity (Wildman–Crippen MR) is 68.5 cm³/mol. The molecular weight excluding hydrogens is 247 g/mol. The number of nitrogens with zero attached hydrogens (tertiary/aromatic N) is 1. The molecule has 0 atom stereocenters. The third-order valence-electron chi connectivity index (χ3n) is 2.90. The summed E-state index contributed by atoms with van der Waals surface area (Å²) in [4.78, 5) is 18.0. The first-order valence-corrected chi connectivity index (χ1v) is 6.05. The molecule has 0 bridgehead atoms. The maximum Gasteiger partial charge on any atom is 0.303 e. The maximum absolute atomic E-state index is 12.8. The highest BCUT2D eigenvalue weighted by Gasteiger charge is 2.09. The second-order valence-electron chi connectivity index (χ2n) is 4.45. The van der Waals surface area contributed by atoms with Crippen molar-refractivity contribution >= 4 is 5.97 Å². The van der Waals surface area contributed by atoms with E-state index in [1.807, 2.05) is 6.92 Å². The molecule has 0 aliphatic rings. The Morgan fingerprint density at radius 1 is 1.37 bits per heavy atom. The fraction of sp³-hybridized carbons (Fsp3) is 0.286. The van der Waals surface area contributed by atoms with Gasteiger partial charge in [-0.1, -0.05) is 12.1 Å². The lowest BCUT2D eigenvalue weighted by molar-refractivity contribution is -0.137. The molecule has 0 saturated carbocycles. The number of halogens is 1. The van der Waals surface area contributed by atoms with Crippen LogP contribution in [0, 0.1) is 12.7 Å². The van der Waals surface area contributed by atoms with Crippen LogP contribution in [-0.2, 0) is 17.6 Å². The number of nitrogens with one attached hydrogen (secondary N) is 1. The number of imidazole rings is 1. The number of carboxylic acids is 1. The predicted octanol–water partition coefficient (Wildman–Crippen LogP) is 2.47. The van der Waals surface area contributed by atoms with Gasteiger partial charge in [0.1, 0.15) is 11.6 Å². The molecule has 0 spiro atoms. The van der Waals surface area contributed by atoms with Gasteiger partial charge in [0.25, 0.3) is 0 Å². The zero-order valence-electron chi connectivity index (χ0n) is 10.6. The van der Waals surface area contributed by atoms with Crippen molar-refractivity contribution in [1.29, 1.82) is 0 Å². The Bertz CT molecular complexity index is 576. The standard InChI is InChI=1S/C14H15FN2O2/c1-9-12(8-10-2-4-11(15)5-3-10)17-13(16-9)6-7-14(18)19/h2-5H,6-8H2,1H3,(H,16,17)(H,18,19). The van der Waals surface area contributed by atoms with E-state index in [1.54, 1.807) is 12.1 Å². The number of aliphatic carboxylic acids is 1. The topological polar surface area (TPSA) is 66.0 Å². The molecule has 1 aromatic carbocycles. The first-order valence-electron chi connectivity index (χ1n) is 6.05. The minimum absolute atomic E-state index is 0.0585. The van der Waals surface area contributed by atoms with Gasteiger partial charge < -0.3 is 10.1 Å². The number of H-pyrrole nitrogens is 1. The fourth-order valence-corrected chi connectivity index (χ4v) is 1.87. The van der Waals surface area contributed by atoms with Crippen LogP contribution in [-0.4, -0.2) is 21.0 Å². The number of rotatable bonds is 5. The molecule has 0 aliphatic carbocycles. The summed E-state index contributed by atoms with van der Waals surface area (Å²) in [5.41, 5.74) is 2.76. The second-order valence-corrected chi connectivity index (χ2v) is 4.45. The zero-order valence-corrected chi connectivity index (χ0v) is 10.6. The van der Waals surface area contributed by atoms with Gasteiger partial charge in [-0.3, -0.25) is 4.79 Å². The lowest BCUT2D eigenvalue weighted by atomic mass is 10.1. The lowest BCUT2D eigenvalue weighted by Gasteiger charge is -1.99. The van der Waals surface area contributed by atoms with Crippen molar-refractivity contribution in [3.8, 4) is 0 Å². The van der Waals surface area contributed by atoms with Gasteiger partial charge in [-0.2, -0.15) is 0 Å². The Labute approximate surface area is 110 Å². The normalized spacial score (nSPS) is 10.6. The fourth-order valence-electron chi connectivity index (χ4n) is 1.87. The van der Waals surface area contributed by atoms with E-state index in [0.29, 0.717) is 18.7 Å². The number of benzene rings is 1. The third-order valence-corrected chi connectivity index (χ3v) is 2.90. The van der Waals surface area contributed by atoms with Gasteiger partial charge >= 0.3 is 5.97 Å². The molecular formula is C14H15FN2O2. The van der Waals surface area contributed by atoms with Crippen LogP contribution in [0.1, 0.15) is 29.2 Å². The summed E-state index contributed by atoms with van der Waals surface area (Å²) in [5.74, 6) is -0.421. The van der Waals surface area contributed by atoms with Crippen LogP contribution in [0.4, 0.5) is 4.39 Å². The molecule has 1 heterocycles. The van der Waals surface area contributed by atoms with Crippen molar-refractivity contribution < 1.29 is 14.3 Å². The van der Waals surface area contributed by atoms with Crippen molar-refractivity contribution in [2.45, 2.75) is 26.2 Å². The SMILES string of the molecule is Cc1[nH]c(CCC(=O)O)nc1Cc1ccc(F)cc1. The first-order chi connectivity index (χ1) is 9.04. The maximum atomic E-state index is 12.8. The highest BCUT2D eigenvalue weighted by Crippen LogP contribution is 2.13. The average Bonchev–Trinajstić information content (AvgIpc) is 2.71. The minimum Gasteiger partial charge on any atom is -0.481 e. The van der Waals surface area contributed by atoms with Crippen LogP contribution in [0.5, 0.6) is 0 Å². The monoisotopic (exact) mass is 262 g/mol. The number of hydrogen-bond donors (Lipinski definition) is 2. The lowest BCUT2D eigenvalue weighted by Crippen LogP contribution is -1.99. The van der Waals surface area contributed by atoms with E-state index in [0.717, 1.165) is 17.0 Å². The van der Waals surface area contributed by atoms with Crippen LogP contribution in [0.25, 0.3) is 0 Å². The molecule has 1 aromatic heterocycles. The molecule has 0 fully saturated rings. The van der Waals surface area contributed by atoms with Crippen molar-refractivity contribution in [2.75, 3.05) is 0 Å². The molecule has 2 rings (SSSR count). The van der Waals surface area contributed by atoms with Gasteiger partial charge in [-0.05, 0) is 24.6 Å². The zero-order chi connectivity index (χ0) is 13.8. The molecule has 0 aliphatic heterocycles. The molecule has 19 heavy (non-hydrogen) atoms. The van der Waals surface area contributed by atoms with Crippen LogP contribution in [0.2, 0.25) is 0 Å². The van der Waals surface area contributed by atoms with Crippen LogP contribution >= 0.6 is 0 Å². The largest absolute Gasteiger partial charge is 0.481 e. The van der Waals surface area contributed by atoms with E-state index in [9.17, 15) is 9.18 Å². The van der Waals surface area contributed by atoms with E-state index in [-0.39, 0.29) is 12.2 Å². The molecule has 0 unspecified atom stereocenters. The Balaban J connectivity index is 2.08. The quantitative estimate of drug-likeness (QED) is 0.869. The molecule has 2 aromatic rings. The van der Waals surface area contributed by atoms with E-state index in [4.69, 9.17) is 5.11 Å². The molecule has 2 N–H and O–H groups in total. The summed E-state index contributed by atoms with van der Waals surface area (Å²) in [7, 11) is 0. The van der Waals surface area contributed by atoms with Crippen molar-refractivity contribution in [3.05, 3.63) is 52.9 Å². The average molecular weight is 262 g/mol. The van der Waals surface area contributed by atoms with Crippen molar-refractivity contribution in [1.82, 2.24) is 9.97 Å². The number of aromatic nitrogens is 2. The van der Waals surface area contributed by atoms with Gasteiger partial charge in [-0.15, -0.1) is 0 Å². The molecule has 4 nitrogen and oxygen atoms in total. The molecule has 0 amide bonds. The molecule has 5 heteroatoms. The van der Waals surface area contributed by atoms with Gasteiger partial charge in [0.15, 0.2) is 0 Å². The number of carbonyl (C=O) groups is 1. The first kappa shape index (κ1) is 13.3. The van der Waals surface area contributed by atoms with Gasteiger partial charge in [0.05, 0.1) is 12.1 Å². The summed E-state index contributed by atoms with van der Waals surface area (Å²) in [6.07, 6.45) is 1.05. The molecule has 0 saturated heterocycles. The number of aryl methyl sites for hydroxylation is 2. The van der Waals surface area contributed by atoms with E-state index in [1.165, 1.54) is 12.1 Å².